The normalized spacial score (nSPS) is 11.6. The van der Waals surface area contributed by atoms with E-state index in [2.05, 4.69) is 15.3 Å². The number of ether oxygens (including phenoxy) is 2. The molecule has 0 atom stereocenters. The summed E-state index contributed by atoms with van der Waals surface area (Å²) in [5.41, 5.74) is 0.298. The van der Waals surface area contributed by atoms with Gasteiger partial charge in [-0.3, -0.25) is 4.79 Å². The van der Waals surface area contributed by atoms with Gasteiger partial charge in [0, 0.05) is 35.9 Å². The molecule has 4 rings (SSSR count). The average Bonchev–Trinajstić information content (AvgIpc) is 3.49. The third-order valence-corrected chi connectivity index (χ3v) is 8.29. The summed E-state index contributed by atoms with van der Waals surface area (Å²) in [6, 6.07) is 11.9. The molecule has 0 aliphatic carbocycles. The first-order valence-electron chi connectivity index (χ1n) is 11.6. The number of nitrogens with one attached hydrogen (secondary N) is 1. The van der Waals surface area contributed by atoms with Crippen LogP contribution >= 0.6 is 11.3 Å². The highest BCUT2D eigenvalue weighted by molar-refractivity contribution is 7.92. The first-order valence-corrected chi connectivity index (χ1v) is 13.9. The fourth-order valence-electron chi connectivity index (χ4n) is 3.61. The van der Waals surface area contributed by atoms with E-state index >= 15 is 0 Å². The minimum Gasteiger partial charge on any atom is -0.497 e. The lowest BCUT2D eigenvalue weighted by atomic mass is 10.1. The number of hydrogen-bond donors (Lipinski definition) is 1. The molecule has 0 spiro atoms. The number of carbonyl (C=O) groups excluding carboxylic acids is 1. The van der Waals surface area contributed by atoms with Crippen molar-refractivity contribution in [3.63, 3.8) is 0 Å². The maximum atomic E-state index is 13.6. The number of benzene rings is 2. The maximum Gasteiger partial charge on any atom is 0.416 e. The van der Waals surface area contributed by atoms with E-state index in [4.69, 9.17) is 9.47 Å². The number of amides is 1. The predicted octanol–water partition coefficient (Wildman–Crippen LogP) is 4.90. The summed E-state index contributed by atoms with van der Waals surface area (Å²) < 4.78 is 77.2. The van der Waals surface area contributed by atoms with Crippen molar-refractivity contribution >= 4 is 32.4 Å². The van der Waals surface area contributed by atoms with E-state index in [1.807, 2.05) is 0 Å². The molecule has 14 heteroatoms. The molecular weight excluding hydrogens is 569 g/mol. The lowest BCUT2D eigenvalue weighted by Gasteiger charge is -2.22. The summed E-state index contributed by atoms with van der Waals surface area (Å²) in [5.74, 6) is 0.387. The number of hydrogen-bond acceptors (Lipinski definition) is 8. The molecule has 0 radical (unpaired) electrons. The number of halogens is 3. The van der Waals surface area contributed by atoms with Gasteiger partial charge in [-0.1, -0.05) is 12.1 Å². The van der Waals surface area contributed by atoms with E-state index in [9.17, 15) is 26.4 Å². The molecule has 0 aliphatic rings. The highest BCUT2D eigenvalue weighted by Gasteiger charge is 2.31. The fraction of sp³-hybridized carbons (Fsp3) is 0.192. The Morgan fingerprint density at radius 2 is 1.77 bits per heavy atom. The third kappa shape index (κ3) is 6.51. The number of sulfonamides is 1. The van der Waals surface area contributed by atoms with Crippen LogP contribution in [0.3, 0.4) is 0 Å². The van der Waals surface area contributed by atoms with E-state index in [-0.39, 0.29) is 28.8 Å². The van der Waals surface area contributed by atoms with Gasteiger partial charge in [0.05, 0.1) is 31.9 Å². The lowest BCUT2D eigenvalue weighted by Crippen LogP contribution is -2.31. The van der Waals surface area contributed by atoms with Crippen LogP contribution in [0.15, 0.2) is 77.4 Å². The molecule has 210 valence electrons. The van der Waals surface area contributed by atoms with Crippen LogP contribution in [0.4, 0.5) is 18.3 Å². The molecule has 0 bridgehead atoms. The van der Waals surface area contributed by atoms with Gasteiger partial charge in [-0.25, -0.2) is 14.3 Å². The summed E-state index contributed by atoms with van der Waals surface area (Å²) in [4.78, 5) is 20.7. The number of pyridine rings is 1. The number of carbonyl (C=O) groups is 1. The molecule has 4 aromatic rings. The van der Waals surface area contributed by atoms with Crippen molar-refractivity contribution in [1.82, 2.24) is 15.3 Å². The van der Waals surface area contributed by atoms with Crippen LogP contribution in [0.5, 0.6) is 11.5 Å². The van der Waals surface area contributed by atoms with Crippen molar-refractivity contribution in [3.05, 3.63) is 94.6 Å². The van der Waals surface area contributed by atoms with E-state index in [0.29, 0.717) is 22.6 Å². The van der Waals surface area contributed by atoms with Crippen LogP contribution in [0.2, 0.25) is 0 Å². The molecule has 1 N–H and O–H groups in total. The van der Waals surface area contributed by atoms with Crippen molar-refractivity contribution in [3.8, 4) is 11.5 Å². The lowest BCUT2D eigenvalue weighted by molar-refractivity contribution is -0.137. The molecule has 0 fully saturated rings. The second-order valence-electron chi connectivity index (χ2n) is 8.27. The number of aromatic nitrogens is 2. The molecule has 0 saturated carbocycles. The Hall–Kier alpha value is -4.17. The van der Waals surface area contributed by atoms with Crippen LogP contribution in [-0.4, -0.2) is 38.5 Å². The van der Waals surface area contributed by atoms with Gasteiger partial charge in [0.1, 0.15) is 11.5 Å². The number of anilines is 1. The second-order valence-corrected chi connectivity index (χ2v) is 10.9. The molecule has 1 amide bonds. The summed E-state index contributed by atoms with van der Waals surface area (Å²) in [6.45, 7) is -0.140. The number of nitrogens with zero attached hydrogens (tertiary/aromatic N) is 3. The zero-order chi connectivity index (χ0) is 28.9. The highest BCUT2D eigenvalue weighted by Crippen LogP contribution is 2.32. The van der Waals surface area contributed by atoms with Gasteiger partial charge in [-0.05, 0) is 42.0 Å². The van der Waals surface area contributed by atoms with Gasteiger partial charge in [0.15, 0.2) is 10.2 Å². The van der Waals surface area contributed by atoms with Gasteiger partial charge in [0.25, 0.3) is 15.9 Å². The molecule has 0 saturated heterocycles. The molecule has 2 aromatic carbocycles. The number of methoxy groups -OCH3 is 2. The maximum absolute atomic E-state index is 13.6. The summed E-state index contributed by atoms with van der Waals surface area (Å²) >= 11 is 1.12. The van der Waals surface area contributed by atoms with Gasteiger partial charge < -0.3 is 14.8 Å². The Labute approximate surface area is 232 Å². The van der Waals surface area contributed by atoms with Gasteiger partial charge in [-0.2, -0.15) is 21.6 Å². The zero-order valence-electron chi connectivity index (χ0n) is 21.2. The summed E-state index contributed by atoms with van der Waals surface area (Å²) in [6.07, 6.45) is -1.86. The topological polar surface area (TPSA) is 111 Å². The largest absolute Gasteiger partial charge is 0.497 e. The molecular formula is C26H23F3N4O5S2. The fourth-order valence-corrected chi connectivity index (χ4v) is 5.79. The van der Waals surface area contributed by atoms with Crippen LogP contribution in [0, 0.1) is 0 Å². The molecule has 9 nitrogen and oxygen atoms in total. The van der Waals surface area contributed by atoms with E-state index < -0.39 is 27.7 Å². The number of alkyl halides is 3. The summed E-state index contributed by atoms with van der Waals surface area (Å²) in [5, 5.41) is 4.11. The number of thiazole rings is 1. The molecule has 2 aromatic heterocycles. The van der Waals surface area contributed by atoms with Crippen LogP contribution in [-0.2, 0) is 29.3 Å². The number of rotatable bonds is 10. The Bertz CT molecular complexity index is 1560. The molecule has 40 heavy (non-hydrogen) atoms. The first-order chi connectivity index (χ1) is 19.0. The first kappa shape index (κ1) is 28.8. The van der Waals surface area contributed by atoms with Crippen molar-refractivity contribution in [2.45, 2.75) is 24.3 Å². The van der Waals surface area contributed by atoms with Crippen LogP contribution in [0.1, 0.15) is 27.0 Å². The van der Waals surface area contributed by atoms with Crippen molar-refractivity contribution in [1.29, 1.82) is 0 Å². The Morgan fingerprint density at radius 3 is 2.35 bits per heavy atom. The van der Waals surface area contributed by atoms with E-state index in [0.717, 1.165) is 34.0 Å². The standard InChI is InChI=1S/C26H23F3N4O5S2/c1-37-21-9-5-19(22(13-21)38-2)16-33(25-30-11-12-39-25)40(35,36)23-10-6-18(15-31-23)24(34)32-14-17-3-7-20(8-4-17)26(27,28)29/h3-13,15H,14,16H2,1-2H3,(H,32,34). The Morgan fingerprint density at radius 1 is 1.02 bits per heavy atom. The summed E-state index contributed by atoms with van der Waals surface area (Å²) in [7, 11) is -1.25. The quantitative estimate of drug-likeness (QED) is 0.279. The second kappa shape index (κ2) is 11.9. The smallest absolute Gasteiger partial charge is 0.416 e. The SMILES string of the molecule is COc1ccc(CN(c2nccs2)S(=O)(=O)c2ccc(C(=O)NCc3ccc(C(F)(F)F)cc3)cn2)c(OC)c1. The molecule has 0 unspecified atom stereocenters. The third-order valence-electron chi connectivity index (χ3n) is 5.73. The van der Waals surface area contributed by atoms with Crippen molar-refractivity contribution in [2.24, 2.45) is 0 Å². The predicted molar refractivity (Wildman–Crippen MR) is 142 cm³/mol. The van der Waals surface area contributed by atoms with Gasteiger partial charge in [0.2, 0.25) is 0 Å². The molecule has 0 aliphatic heterocycles. The van der Waals surface area contributed by atoms with Gasteiger partial charge >= 0.3 is 6.18 Å². The zero-order valence-corrected chi connectivity index (χ0v) is 22.8. The van der Waals surface area contributed by atoms with Crippen LogP contribution in [0.25, 0.3) is 0 Å². The van der Waals surface area contributed by atoms with Gasteiger partial charge in [-0.15, -0.1) is 11.3 Å². The highest BCUT2D eigenvalue weighted by atomic mass is 32.2. The van der Waals surface area contributed by atoms with Crippen molar-refractivity contribution < 1.29 is 35.9 Å². The van der Waals surface area contributed by atoms with E-state index in [1.165, 1.54) is 44.7 Å². The Kier molecular flexibility index (Phi) is 8.59. The minimum absolute atomic E-state index is 0.0292. The van der Waals surface area contributed by atoms with Crippen LogP contribution < -0.4 is 19.1 Å². The van der Waals surface area contributed by atoms with E-state index in [1.54, 1.807) is 23.6 Å². The minimum atomic E-state index is -4.45. The molecule has 2 heterocycles. The Balaban J connectivity index is 1.51. The monoisotopic (exact) mass is 592 g/mol. The van der Waals surface area contributed by atoms with Crippen molar-refractivity contribution in [2.75, 3.05) is 18.5 Å². The average molecular weight is 593 g/mol.